The van der Waals surface area contributed by atoms with Crippen LogP contribution in [0.15, 0.2) is 0 Å². The third-order valence-corrected chi connectivity index (χ3v) is 3.16. The van der Waals surface area contributed by atoms with Gasteiger partial charge in [-0.2, -0.15) is 15.0 Å². The van der Waals surface area contributed by atoms with Gasteiger partial charge in [0.1, 0.15) is 0 Å². The average Bonchev–Trinajstić information content (AvgIpc) is 2.41. The maximum Gasteiger partial charge on any atom is 0.323 e. The number of likely N-dealkylation sites (tertiary alicyclic amines) is 1. The Morgan fingerprint density at radius 3 is 2.53 bits per heavy atom. The van der Waals surface area contributed by atoms with Crippen LogP contribution in [-0.4, -0.2) is 59.7 Å². The van der Waals surface area contributed by atoms with E-state index in [1.165, 1.54) is 0 Å². The summed E-state index contributed by atoms with van der Waals surface area (Å²) in [5, 5.41) is 6.29. The van der Waals surface area contributed by atoms with Gasteiger partial charge in [-0.15, -0.1) is 0 Å². The van der Waals surface area contributed by atoms with Crippen LogP contribution in [0, 0.1) is 0 Å². The normalized spacial score (nSPS) is 17.2. The summed E-state index contributed by atoms with van der Waals surface area (Å²) >= 11 is 0. The monoisotopic (exact) mass is 266 g/mol. The third-order valence-electron chi connectivity index (χ3n) is 3.16. The summed E-state index contributed by atoms with van der Waals surface area (Å²) in [6.45, 7) is 4.65. The number of nitrogens with zero attached hydrogens (tertiary/aromatic N) is 4. The fourth-order valence-corrected chi connectivity index (χ4v) is 2.06. The van der Waals surface area contributed by atoms with E-state index < -0.39 is 0 Å². The lowest BCUT2D eigenvalue weighted by atomic mass is 10.1. The molecule has 1 saturated heterocycles. The Morgan fingerprint density at radius 1 is 1.21 bits per heavy atom. The lowest BCUT2D eigenvalue weighted by Crippen LogP contribution is -2.37. The topological polar surface area (TPSA) is 75.2 Å². The quantitative estimate of drug-likeness (QED) is 0.817. The summed E-state index contributed by atoms with van der Waals surface area (Å²) in [6.07, 6.45) is 2.20. The summed E-state index contributed by atoms with van der Waals surface area (Å²) in [5.41, 5.74) is 0. The molecule has 1 aromatic heterocycles. The molecular weight excluding hydrogens is 244 g/mol. The molecule has 2 N–H and O–H groups in total. The largest absolute Gasteiger partial charge is 0.464 e. The molecule has 0 saturated carbocycles. The second kappa shape index (κ2) is 6.51. The van der Waals surface area contributed by atoms with Gasteiger partial charge in [0, 0.05) is 13.1 Å². The van der Waals surface area contributed by atoms with Crippen LogP contribution in [0.1, 0.15) is 19.8 Å². The molecule has 0 aliphatic carbocycles. The molecule has 1 fully saturated rings. The zero-order valence-corrected chi connectivity index (χ0v) is 11.8. The fourth-order valence-electron chi connectivity index (χ4n) is 2.06. The number of ether oxygens (including phenoxy) is 1. The average molecular weight is 266 g/mol. The SMILES string of the molecule is CCOc1nc(NC)nc(NC2CCN(C)CC2)n1. The molecule has 7 heteroatoms. The van der Waals surface area contributed by atoms with Crippen LogP contribution >= 0.6 is 0 Å². The van der Waals surface area contributed by atoms with E-state index in [4.69, 9.17) is 4.74 Å². The minimum atomic E-state index is 0.359. The Kier molecular flexibility index (Phi) is 4.73. The van der Waals surface area contributed by atoms with Gasteiger partial charge in [-0.3, -0.25) is 0 Å². The van der Waals surface area contributed by atoms with Crippen molar-refractivity contribution in [3.63, 3.8) is 0 Å². The van der Waals surface area contributed by atoms with Crippen LogP contribution in [0.25, 0.3) is 0 Å². The Labute approximate surface area is 113 Å². The number of nitrogens with one attached hydrogen (secondary N) is 2. The van der Waals surface area contributed by atoms with Gasteiger partial charge in [-0.25, -0.2) is 0 Å². The van der Waals surface area contributed by atoms with E-state index in [0.29, 0.717) is 30.6 Å². The number of piperidine rings is 1. The molecule has 1 aliphatic rings. The van der Waals surface area contributed by atoms with Gasteiger partial charge in [0.15, 0.2) is 0 Å². The highest BCUT2D eigenvalue weighted by Gasteiger charge is 2.18. The molecule has 1 aliphatic heterocycles. The number of rotatable bonds is 5. The summed E-state index contributed by atoms with van der Waals surface area (Å²) in [4.78, 5) is 15.1. The lowest BCUT2D eigenvalue weighted by molar-refractivity contribution is 0.263. The van der Waals surface area contributed by atoms with E-state index in [2.05, 4.69) is 37.5 Å². The molecule has 0 aromatic carbocycles. The molecule has 0 amide bonds. The third kappa shape index (κ3) is 3.92. The van der Waals surface area contributed by atoms with E-state index in [0.717, 1.165) is 25.9 Å². The molecule has 2 heterocycles. The van der Waals surface area contributed by atoms with Gasteiger partial charge >= 0.3 is 6.01 Å². The Balaban J connectivity index is 2.04. The smallest absolute Gasteiger partial charge is 0.323 e. The Bertz CT molecular complexity index is 405. The van der Waals surface area contributed by atoms with E-state index >= 15 is 0 Å². The molecule has 19 heavy (non-hydrogen) atoms. The fraction of sp³-hybridized carbons (Fsp3) is 0.750. The molecule has 0 spiro atoms. The van der Waals surface area contributed by atoms with E-state index in [-0.39, 0.29) is 0 Å². The zero-order chi connectivity index (χ0) is 13.7. The van der Waals surface area contributed by atoms with E-state index in [1.54, 1.807) is 7.05 Å². The second-order valence-corrected chi connectivity index (χ2v) is 4.67. The molecule has 0 unspecified atom stereocenters. The van der Waals surface area contributed by atoms with E-state index in [1.807, 2.05) is 6.92 Å². The number of hydrogen-bond acceptors (Lipinski definition) is 7. The Hall–Kier alpha value is -1.63. The highest BCUT2D eigenvalue weighted by molar-refractivity contribution is 5.36. The predicted molar refractivity (Wildman–Crippen MR) is 74.7 cm³/mol. The van der Waals surface area contributed by atoms with Crippen molar-refractivity contribution in [1.29, 1.82) is 0 Å². The summed E-state index contributed by atoms with van der Waals surface area (Å²) in [7, 11) is 3.93. The van der Waals surface area contributed by atoms with Crippen molar-refractivity contribution in [3.8, 4) is 6.01 Å². The first-order valence-corrected chi connectivity index (χ1v) is 6.73. The summed E-state index contributed by atoms with van der Waals surface area (Å²) in [6, 6.07) is 0.773. The maximum atomic E-state index is 5.34. The predicted octanol–water partition coefficient (Wildman–Crippen LogP) is 0.818. The van der Waals surface area contributed by atoms with Crippen LogP contribution in [0.3, 0.4) is 0 Å². The van der Waals surface area contributed by atoms with Crippen LogP contribution in [0.5, 0.6) is 6.01 Å². The number of hydrogen-bond donors (Lipinski definition) is 2. The molecule has 1 aromatic rings. The van der Waals surface area contributed by atoms with Crippen molar-refractivity contribution in [2.45, 2.75) is 25.8 Å². The van der Waals surface area contributed by atoms with Crippen molar-refractivity contribution < 1.29 is 4.74 Å². The van der Waals surface area contributed by atoms with Crippen molar-refractivity contribution in [1.82, 2.24) is 19.9 Å². The van der Waals surface area contributed by atoms with Gasteiger partial charge in [-0.1, -0.05) is 0 Å². The maximum absolute atomic E-state index is 5.34. The van der Waals surface area contributed by atoms with Crippen molar-refractivity contribution in [2.24, 2.45) is 0 Å². The molecule has 0 atom stereocenters. The van der Waals surface area contributed by atoms with Gasteiger partial charge < -0.3 is 20.3 Å². The lowest BCUT2D eigenvalue weighted by Gasteiger charge is -2.29. The first-order chi connectivity index (χ1) is 9.21. The van der Waals surface area contributed by atoms with Crippen LogP contribution in [-0.2, 0) is 0 Å². The first kappa shape index (κ1) is 13.8. The van der Waals surface area contributed by atoms with E-state index in [9.17, 15) is 0 Å². The molecule has 0 bridgehead atoms. The molecule has 0 radical (unpaired) electrons. The highest BCUT2D eigenvalue weighted by Crippen LogP contribution is 2.16. The van der Waals surface area contributed by atoms with Gasteiger partial charge in [0.2, 0.25) is 11.9 Å². The number of anilines is 2. The second-order valence-electron chi connectivity index (χ2n) is 4.67. The molecule has 7 nitrogen and oxygen atoms in total. The van der Waals surface area contributed by atoms with Crippen molar-refractivity contribution in [2.75, 3.05) is 44.4 Å². The van der Waals surface area contributed by atoms with Gasteiger partial charge in [-0.05, 0) is 39.9 Å². The van der Waals surface area contributed by atoms with Crippen LogP contribution in [0.2, 0.25) is 0 Å². The highest BCUT2D eigenvalue weighted by atomic mass is 16.5. The Morgan fingerprint density at radius 2 is 1.89 bits per heavy atom. The van der Waals surface area contributed by atoms with Gasteiger partial charge in [0.25, 0.3) is 0 Å². The van der Waals surface area contributed by atoms with Crippen molar-refractivity contribution >= 4 is 11.9 Å². The van der Waals surface area contributed by atoms with Crippen LogP contribution in [0.4, 0.5) is 11.9 Å². The first-order valence-electron chi connectivity index (χ1n) is 6.73. The number of aromatic nitrogens is 3. The molecule has 106 valence electrons. The minimum Gasteiger partial charge on any atom is -0.464 e. The minimum absolute atomic E-state index is 0.359. The molecule has 2 rings (SSSR count). The zero-order valence-electron chi connectivity index (χ0n) is 11.8. The van der Waals surface area contributed by atoms with Gasteiger partial charge in [0.05, 0.1) is 6.61 Å². The van der Waals surface area contributed by atoms with Crippen molar-refractivity contribution in [3.05, 3.63) is 0 Å². The standard InChI is InChI=1S/C12H22N6O/c1-4-19-12-16-10(13-2)15-11(17-12)14-9-5-7-18(3)8-6-9/h9H,4-8H2,1-3H3,(H2,13,14,15,16,17). The molecular formula is C12H22N6O. The summed E-state index contributed by atoms with van der Waals surface area (Å²) in [5.74, 6) is 1.10. The van der Waals surface area contributed by atoms with Crippen LogP contribution < -0.4 is 15.4 Å². The summed E-state index contributed by atoms with van der Waals surface area (Å²) < 4.78 is 5.34.